The van der Waals surface area contributed by atoms with E-state index in [-0.39, 0.29) is 5.56 Å². The van der Waals surface area contributed by atoms with Gasteiger partial charge in [0, 0.05) is 37.4 Å². The molecule has 0 bridgehead atoms. The molecule has 34 heavy (non-hydrogen) atoms. The minimum absolute atomic E-state index is 0.0624. The van der Waals surface area contributed by atoms with Gasteiger partial charge in [-0.25, -0.2) is 0 Å². The zero-order chi connectivity index (χ0) is 24.1. The number of hydrogen-bond donors (Lipinski definition) is 2. The van der Waals surface area contributed by atoms with Gasteiger partial charge in [0.15, 0.2) is 5.11 Å². The van der Waals surface area contributed by atoms with E-state index in [1.807, 2.05) is 25.1 Å². The third-order valence-corrected chi connectivity index (χ3v) is 6.81. The number of benzene rings is 2. The number of hydrogen-bond acceptors (Lipinski definition) is 4. The topological polar surface area (TPSA) is 60.6 Å². The minimum atomic E-state index is -0.0624. The fraction of sp³-hybridized carbons (Fsp3) is 0.407. The number of nitrogens with one attached hydrogen (secondary N) is 2. The lowest BCUT2D eigenvalue weighted by molar-refractivity contribution is 0.0358. The van der Waals surface area contributed by atoms with Gasteiger partial charge in [-0.05, 0) is 67.2 Å². The largest absolute Gasteiger partial charge is 0.379 e. The molecule has 0 saturated carbocycles. The van der Waals surface area contributed by atoms with Gasteiger partial charge in [0.25, 0.3) is 5.56 Å². The first kappa shape index (κ1) is 24.4. The number of aromatic amines is 1. The highest BCUT2D eigenvalue weighted by atomic mass is 32.1. The van der Waals surface area contributed by atoms with E-state index in [0.717, 1.165) is 68.0 Å². The number of anilines is 1. The van der Waals surface area contributed by atoms with Crippen molar-refractivity contribution in [2.24, 2.45) is 0 Å². The fourth-order valence-corrected chi connectivity index (χ4v) is 4.81. The number of H-pyrrole nitrogens is 1. The van der Waals surface area contributed by atoms with Gasteiger partial charge in [0.1, 0.15) is 0 Å². The van der Waals surface area contributed by atoms with Crippen LogP contribution in [-0.2, 0) is 17.7 Å². The number of nitrogens with zero attached hydrogens (tertiary/aromatic N) is 2. The summed E-state index contributed by atoms with van der Waals surface area (Å²) < 4.78 is 5.49. The first-order valence-corrected chi connectivity index (χ1v) is 12.4. The zero-order valence-electron chi connectivity index (χ0n) is 20.3. The molecule has 180 valence electrons. The standard InChI is InChI=1S/C27H34N4O2S/c1-4-21-7-5-6-8-24(21)28-27(34)31(10-9-30-11-13-33-14-12-30)18-23-17-22-16-19(2)15-20(3)25(22)29-26(23)32/h5-8,15-17H,4,9-14,18H2,1-3H3,(H,28,34)(H,29,32). The van der Waals surface area contributed by atoms with Crippen molar-refractivity contribution >= 4 is 33.9 Å². The second kappa shape index (κ2) is 11.1. The quantitative estimate of drug-likeness (QED) is 0.496. The van der Waals surface area contributed by atoms with Crippen LogP contribution in [0, 0.1) is 13.8 Å². The normalized spacial score (nSPS) is 14.3. The minimum Gasteiger partial charge on any atom is -0.379 e. The number of rotatable bonds is 7. The number of aryl methyl sites for hydroxylation is 3. The van der Waals surface area contributed by atoms with Crippen LogP contribution in [0.2, 0.25) is 0 Å². The Morgan fingerprint density at radius 1 is 1.15 bits per heavy atom. The molecule has 1 aliphatic heterocycles. The summed E-state index contributed by atoms with van der Waals surface area (Å²) in [5, 5.41) is 5.13. The van der Waals surface area contributed by atoms with E-state index in [1.54, 1.807) is 0 Å². The van der Waals surface area contributed by atoms with E-state index in [4.69, 9.17) is 17.0 Å². The van der Waals surface area contributed by atoms with Crippen LogP contribution in [0.3, 0.4) is 0 Å². The third kappa shape index (κ3) is 5.84. The summed E-state index contributed by atoms with van der Waals surface area (Å²) in [5.41, 5.74) is 6.05. The van der Waals surface area contributed by atoms with Gasteiger partial charge in [-0.1, -0.05) is 36.8 Å². The van der Waals surface area contributed by atoms with Gasteiger partial charge in [-0.2, -0.15) is 0 Å². The first-order valence-electron chi connectivity index (χ1n) is 12.0. The van der Waals surface area contributed by atoms with Crippen molar-refractivity contribution in [1.29, 1.82) is 0 Å². The van der Waals surface area contributed by atoms with E-state index in [9.17, 15) is 4.79 Å². The summed E-state index contributed by atoms with van der Waals surface area (Å²) in [5.74, 6) is 0. The van der Waals surface area contributed by atoms with Gasteiger partial charge >= 0.3 is 0 Å². The van der Waals surface area contributed by atoms with Gasteiger partial charge in [0.05, 0.1) is 25.3 Å². The van der Waals surface area contributed by atoms with Crippen molar-refractivity contribution in [2.75, 3.05) is 44.7 Å². The van der Waals surface area contributed by atoms with Crippen LogP contribution in [0.1, 0.15) is 29.2 Å². The van der Waals surface area contributed by atoms with E-state index < -0.39 is 0 Å². The molecule has 0 amide bonds. The molecule has 3 aromatic rings. The van der Waals surface area contributed by atoms with Crippen LogP contribution in [0.25, 0.3) is 10.9 Å². The van der Waals surface area contributed by atoms with E-state index in [2.05, 4.69) is 58.2 Å². The molecule has 0 radical (unpaired) electrons. The molecule has 7 heteroatoms. The predicted molar refractivity (Wildman–Crippen MR) is 144 cm³/mol. The van der Waals surface area contributed by atoms with Crippen LogP contribution in [0.15, 0.2) is 47.3 Å². The van der Waals surface area contributed by atoms with Crippen molar-refractivity contribution in [2.45, 2.75) is 33.7 Å². The molecule has 0 unspecified atom stereocenters. The van der Waals surface area contributed by atoms with E-state index >= 15 is 0 Å². The lowest BCUT2D eigenvalue weighted by Crippen LogP contribution is -2.44. The number of para-hydroxylation sites is 1. The summed E-state index contributed by atoms with van der Waals surface area (Å²) in [6.07, 6.45) is 0.919. The first-order chi connectivity index (χ1) is 16.4. The summed E-state index contributed by atoms with van der Waals surface area (Å²) in [6.45, 7) is 11.6. The van der Waals surface area contributed by atoms with Crippen LogP contribution in [-0.4, -0.2) is 59.3 Å². The van der Waals surface area contributed by atoms with Crippen molar-refractivity contribution < 1.29 is 4.74 Å². The molecule has 1 saturated heterocycles. The van der Waals surface area contributed by atoms with Gasteiger partial charge in [-0.15, -0.1) is 0 Å². The van der Waals surface area contributed by atoms with Crippen molar-refractivity contribution in [3.05, 3.63) is 75.1 Å². The Balaban J connectivity index is 1.60. The van der Waals surface area contributed by atoms with Crippen molar-refractivity contribution in [1.82, 2.24) is 14.8 Å². The molecule has 0 aliphatic carbocycles. The third-order valence-electron chi connectivity index (χ3n) is 6.45. The molecule has 1 aromatic heterocycles. The Kier molecular flexibility index (Phi) is 7.98. The lowest BCUT2D eigenvalue weighted by Gasteiger charge is -2.31. The number of fused-ring (bicyclic) bond motifs is 1. The predicted octanol–water partition coefficient (Wildman–Crippen LogP) is 4.24. The smallest absolute Gasteiger partial charge is 0.253 e. The van der Waals surface area contributed by atoms with Gasteiger partial charge < -0.3 is 19.9 Å². The monoisotopic (exact) mass is 478 g/mol. The van der Waals surface area contributed by atoms with Crippen molar-refractivity contribution in [3.8, 4) is 0 Å². The highest BCUT2D eigenvalue weighted by Crippen LogP contribution is 2.20. The average molecular weight is 479 g/mol. The van der Waals surface area contributed by atoms with Crippen LogP contribution in [0.4, 0.5) is 5.69 Å². The number of pyridine rings is 1. The lowest BCUT2D eigenvalue weighted by atomic mass is 10.1. The van der Waals surface area contributed by atoms with Gasteiger partial charge in [-0.3, -0.25) is 9.69 Å². The fourth-order valence-electron chi connectivity index (χ4n) is 4.54. The summed E-state index contributed by atoms with van der Waals surface area (Å²) >= 11 is 5.87. The Morgan fingerprint density at radius 2 is 1.91 bits per heavy atom. The van der Waals surface area contributed by atoms with E-state index in [1.165, 1.54) is 11.1 Å². The average Bonchev–Trinajstić information content (AvgIpc) is 2.83. The highest BCUT2D eigenvalue weighted by molar-refractivity contribution is 7.80. The molecule has 0 spiro atoms. The molecule has 1 fully saturated rings. The second-order valence-electron chi connectivity index (χ2n) is 8.99. The van der Waals surface area contributed by atoms with Crippen LogP contribution in [0.5, 0.6) is 0 Å². The van der Waals surface area contributed by atoms with Crippen LogP contribution < -0.4 is 10.9 Å². The molecular weight excluding hydrogens is 444 g/mol. The van der Waals surface area contributed by atoms with E-state index in [0.29, 0.717) is 17.2 Å². The maximum atomic E-state index is 13.0. The Hall–Kier alpha value is -2.74. The number of aromatic nitrogens is 1. The zero-order valence-corrected chi connectivity index (χ0v) is 21.1. The second-order valence-corrected chi connectivity index (χ2v) is 9.37. The molecular formula is C27H34N4O2S. The Morgan fingerprint density at radius 3 is 2.68 bits per heavy atom. The SMILES string of the molecule is CCc1ccccc1NC(=S)N(CCN1CCOCC1)Cc1cc2cc(C)cc(C)c2[nH]c1=O. The molecule has 1 aliphatic rings. The Labute approximate surface area is 206 Å². The maximum absolute atomic E-state index is 13.0. The molecule has 2 aromatic carbocycles. The highest BCUT2D eigenvalue weighted by Gasteiger charge is 2.18. The maximum Gasteiger partial charge on any atom is 0.253 e. The summed E-state index contributed by atoms with van der Waals surface area (Å²) in [4.78, 5) is 20.6. The molecule has 0 atom stereocenters. The number of thiocarbonyl (C=S) groups is 1. The number of ether oxygens (including phenoxy) is 1. The van der Waals surface area contributed by atoms with Crippen LogP contribution >= 0.6 is 12.2 Å². The molecule has 4 rings (SSSR count). The molecule has 6 nitrogen and oxygen atoms in total. The van der Waals surface area contributed by atoms with Gasteiger partial charge in [0.2, 0.25) is 0 Å². The Bertz CT molecular complexity index is 1220. The number of morpholine rings is 1. The molecule has 2 heterocycles. The molecule has 2 N–H and O–H groups in total. The summed E-state index contributed by atoms with van der Waals surface area (Å²) in [7, 11) is 0. The summed E-state index contributed by atoms with van der Waals surface area (Å²) in [6, 6.07) is 14.5. The van der Waals surface area contributed by atoms with Crippen molar-refractivity contribution in [3.63, 3.8) is 0 Å².